The van der Waals surface area contributed by atoms with Crippen LogP contribution in [0.1, 0.15) is 5.56 Å². The molecule has 0 bridgehead atoms. The molecule has 0 fully saturated rings. The molecule has 0 saturated carbocycles. The molecule has 0 aliphatic heterocycles. The Labute approximate surface area is 100 Å². The first-order valence-corrected chi connectivity index (χ1v) is 5.30. The number of rotatable bonds is 3. The lowest BCUT2D eigenvalue weighted by atomic mass is 10.0. The lowest BCUT2D eigenvalue weighted by Gasteiger charge is -2.10. The molecule has 0 N–H and O–H groups in total. The van der Waals surface area contributed by atoms with Crippen molar-refractivity contribution < 1.29 is 9.47 Å². The topological polar surface area (TPSA) is 42.2 Å². The van der Waals surface area contributed by atoms with Crippen molar-refractivity contribution in [2.75, 3.05) is 14.2 Å². The molecule has 0 amide bonds. The molecular formula is C14H13NO2. The summed E-state index contributed by atoms with van der Waals surface area (Å²) in [5, 5.41) is 11.0. The van der Waals surface area contributed by atoms with Gasteiger partial charge in [-0.3, -0.25) is 0 Å². The highest BCUT2D eigenvalue weighted by Crippen LogP contribution is 2.30. The maximum atomic E-state index is 8.89. The summed E-state index contributed by atoms with van der Waals surface area (Å²) in [6.07, 6.45) is 0.327. The van der Waals surface area contributed by atoms with Crippen molar-refractivity contribution in [2.24, 2.45) is 0 Å². The van der Waals surface area contributed by atoms with Gasteiger partial charge in [-0.25, -0.2) is 0 Å². The Morgan fingerprint density at radius 2 is 1.88 bits per heavy atom. The van der Waals surface area contributed by atoms with Gasteiger partial charge in [0.1, 0.15) is 11.5 Å². The predicted octanol–water partition coefficient (Wildman–Crippen LogP) is 2.92. The summed E-state index contributed by atoms with van der Waals surface area (Å²) in [6, 6.07) is 11.9. The van der Waals surface area contributed by atoms with Crippen LogP contribution in [-0.2, 0) is 6.42 Å². The molecule has 2 aromatic rings. The molecule has 0 heterocycles. The van der Waals surface area contributed by atoms with Crippen LogP contribution >= 0.6 is 0 Å². The second kappa shape index (κ2) is 4.75. The first-order chi connectivity index (χ1) is 8.30. The van der Waals surface area contributed by atoms with Crippen LogP contribution in [0, 0.1) is 11.3 Å². The van der Waals surface area contributed by atoms with Gasteiger partial charge in [0.25, 0.3) is 0 Å². The van der Waals surface area contributed by atoms with Gasteiger partial charge in [0, 0.05) is 5.56 Å². The van der Waals surface area contributed by atoms with Crippen LogP contribution < -0.4 is 9.47 Å². The van der Waals surface area contributed by atoms with Gasteiger partial charge in [-0.1, -0.05) is 12.1 Å². The van der Waals surface area contributed by atoms with Crippen LogP contribution in [0.2, 0.25) is 0 Å². The van der Waals surface area contributed by atoms with E-state index in [1.807, 2.05) is 30.3 Å². The second-order valence-electron chi connectivity index (χ2n) is 3.67. The third-order valence-corrected chi connectivity index (χ3v) is 2.77. The second-order valence-corrected chi connectivity index (χ2v) is 3.67. The zero-order chi connectivity index (χ0) is 12.3. The number of nitrogens with zero attached hydrogens (tertiary/aromatic N) is 1. The number of methoxy groups -OCH3 is 2. The molecule has 0 aliphatic rings. The Morgan fingerprint density at radius 3 is 2.53 bits per heavy atom. The molecule has 2 rings (SSSR count). The molecule has 0 atom stereocenters. The van der Waals surface area contributed by atoms with Gasteiger partial charge in [0.15, 0.2) is 0 Å². The quantitative estimate of drug-likeness (QED) is 0.809. The van der Waals surface area contributed by atoms with Crippen molar-refractivity contribution in [1.29, 1.82) is 5.26 Å². The summed E-state index contributed by atoms with van der Waals surface area (Å²) in [6.45, 7) is 0. The molecule has 0 radical (unpaired) electrons. The van der Waals surface area contributed by atoms with E-state index in [4.69, 9.17) is 14.7 Å². The van der Waals surface area contributed by atoms with Gasteiger partial charge in [-0.15, -0.1) is 0 Å². The van der Waals surface area contributed by atoms with Crippen molar-refractivity contribution in [1.82, 2.24) is 0 Å². The average molecular weight is 227 g/mol. The van der Waals surface area contributed by atoms with Gasteiger partial charge in [-0.2, -0.15) is 5.26 Å². The largest absolute Gasteiger partial charge is 0.497 e. The number of ether oxygens (including phenoxy) is 2. The van der Waals surface area contributed by atoms with Gasteiger partial charge < -0.3 is 9.47 Å². The third-order valence-electron chi connectivity index (χ3n) is 2.77. The standard InChI is InChI=1S/C14H13NO2/c1-16-11-5-3-10-4-6-14(17-2)12(7-8-15)13(10)9-11/h3-6,9H,7H2,1-2H3. The van der Waals surface area contributed by atoms with Gasteiger partial charge in [-0.05, 0) is 29.0 Å². The van der Waals surface area contributed by atoms with Crippen LogP contribution in [-0.4, -0.2) is 14.2 Å². The fourth-order valence-corrected chi connectivity index (χ4v) is 1.92. The van der Waals surface area contributed by atoms with E-state index in [0.717, 1.165) is 27.8 Å². The van der Waals surface area contributed by atoms with Crippen molar-refractivity contribution in [3.05, 3.63) is 35.9 Å². The normalized spacial score (nSPS) is 9.94. The summed E-state index contributed by atoms with van der Waals surface area (Å²) < 4.78 is 10.5. The molecule has 0 spiro atoms. The highest BCUT2D eigenvalue weighted by Gasteiger charge is 2.08. The van der Waals surface area contributed by atoms with Gasteiger partial charge in [0.05, 0.1) is 26.7 Å². The summed E-state index contributed by atoms with van der Waals surface area (Å²) >= 11 is 0. The summed E-state index contributed by atoms with van der Waals surface area (Å²) in [5.74, 6) is 1.53. The van der Waals surface area contributed by atoms with Crippen LogP contribution in [0.4, 0.5) is 0 Å². The van der Waals surface area contributed by atoms with Crippen LogP contribution in [0.15, 0.2) is 30.3 Å². The molecular weight excluding hydrogens is 214 g/mol. The van der Waals surface area contributed by atoms with E-state index in [9.17, 15) is 0 Å². The molecule has 3 nitrogen and oxygen atoms in total. The molecule has 86 valence electrons. The highest BCUT2D eigenvalue weighted by molar-refractivity contribution is 5.89. The lowest BCUT2D eigenvalue weighted by Crippen LogP contribution is -1.93. The van der Waals surface area contributed by atoms with Crippen molar-refractivity contribution in [3.63, 3.8) is 0 Å². The first kappa shape index (κ1) is 11.3. The molecule has 0 unspecified atom stereocenters. The van der Waals surface area contributed by atoms with Gasteiger partial charge >= 0.3 is 0 Å². The number of fused-ring (bicyclic) bond motifs is 1. The zero-order valence-corrected chi connectivity index (χ0v) is 9.86. The fourth-order valence-electron chi connectivity index (χ4n) is 1.92. The summed E-state index contributed by atoms with van der Waals surface area (Å²) in [7, 11) is 3.24. The van der Waals surface area contributed by atoms with Gasteiger partial charge in [0.2, 0.25) is 0 Å². The van der Waals surface area contributed by atoms with Crippen LogP contribution in [0.25, 0.3) is 10.8 Å². The summed E-state index contributed by atoms with van der Waals surface area (Å²) in [4.78, 5) is 0. The number of hydrogen-bond acceptors (Lipinski definition) is 3. The minimum Gasteiger partial charge on any atom is -0.497 e. The van der Waals surface area contributed by atoms with E-state index in [2.05, 4.69) is 6.07 Å². The number of hydrogen-bond donors (Lipinski definition) is 0. The Bertz CT molecular complexity index is 579. The zero-order valence-electron chi connectivity index (χ0n) is 9.86. The van der Waals surface area contributed by atoms with E-state index in [0.29, 0.717) is 6.42 Å². The highest BCUT2D eigenvalue weighted by atomic mass is 16.5. The summed E-state index contributed by atoms with van der Waals surface area (Å²) in [5.41, 5.74) is 0.909. The number of nitriles is 1. The first-order valence-electron chi connectivity index (χ1n) is 5.30. The maximum absolute atomic E-state index is 8.89. The van der Waals surface area contributed by atoms with E-state index in [-0.39, 0.29) is 0 Å². The third kappa shape index (κ3) is 2.02. The van der Waals surface area contributed by atoms with E-state index >= 15 is 0 Å². The van der Waals surface area contributed by atoms with Crippen LogP contribution in [0.3, 0.4) is 0 Å². The molecule has 0 saturated heterocycles. The Hall–Kier alpha value is -2.21. The Morgan fingerprint density at radius 1 is 1.12 bits per heavy atom. The molecule has 3 heteroatoms. The van der Waals surface area contributed by atoms with E-state index in [1.165, 1.54) is 0 Å². The minimum absolute atomic E-state index is 0.327. The SMILES string of the molecule is COc1ccc2ccc(OC)c(CC#N)c2c1. The van der Waals surface area contributed by atoms with E-state index in [1.54, 1.807) is 14.2 Å². The van der Waals surface area contributed by atoms with E-state index < -0.39 is 0 Å². The minimum atomic E-state index is 0.327. The number of benzene rings is 2. The Kier molecular flexibility index (Phi) is 3.15. The van der Waals surface area contributed by atoms with Crippen molar-refractivity contribution in [2.45, 2.75) is 6.42 Å². The molecule has 0 aromatic heterocycles. The molecule has 17 heavy (non-hydrogen) atoms. The van der Waals surface area contributed by atoms with Crippen molar-refractivity contribution in [3.8, 4) is 17.6 Å². The fraction of sp³-hybridized carbons (Fsp3) is 0.214. The smallest absolute Gasteiger partial charge is 0.123 e. The molecule has 2 aromatic carbocycles. The van der Waals surface area contributed by atoms with Crippen molar-refractivity contribution >= 4 is 10.8 Å². The molecule has 0 aliphatic carbocycles. The van der Waals surface area contributed by atoms with Crippen LogP contribution in [0.5, 0.6) is 11.5 Å². The predicted molar refractivity (Wildman–Crippen MR) is 66.4 cm³/mol. The lowest BCUT2D eigenvalue weighted by molar-refractivity contribution is 0.411. The monoisotopic (exact) mass is 227 g/mol. The average Bonchev–Trinajstić information content (AvgIpc) is 2.39. The Balaban J connectivity index is 2.72. The maximum Gasteiger partial charge on any atom is 0.123 e.